The number of rotatable bonds is 5. The molecule has 29 heavy (non-hydrogen) atoms. The molecule has 0 fully saturated rings. The van der Waals surface area contributed by atoms with Gasteiger partial charge in [-0.3, -0.25) is 4.68 Å². The van der Waals surface area contributed by atoms with Gasteiger partial charge in [-0.05, 0) is 41.8 Å². The summed E-state index contributed by atoms with van der Waals surface area (Å²) in [4.78, 5) is 0.331. The molecular formula is C23H24N2O3S. The normalized spacial score (nSPS) is 15.5. The SMILES string of the molecule is C=C(OCC)c1cc2n(n1)CC(C)c1cc(-c3cccc(S(C)(=O)=O)c3)ccc1-2. The summed E-state index contributed by atoms with van der Waals surface area (Å²) in [6.45, 7) is 9.41. The summed E-state index contributed by atoms with van der Waals surface area (Å²) in [6.07, 6.45) is 1.23. The van der Waals surface area contributed by atoms with Crippen LogP contribution in [0.15, 0.2) is 60.0 Å². The first-order valence-corrected chi connectivity index (χ1v) is 11.5. The van der Waals surface area contributed by atoms with Gasteiger partial charge in [0, 0.05) is 24.3 Å². The summed E-state index contributed by atoms with van der Waals surface area (Å²) in [5.74, 6) is 0.862. The molecule has 3 aromatic rings. The molecule has 1 aliphatic heterocycles. The third-order valence-corrected chi connectivity index (χ3v) is 6.40. The lowest BCUT2D eigenvalue weighted by atomic mass is 9.88. The summed E-state index contributed by atoms with van der Waals surface area (Å²) < 4.78 is 31.4. The molecule has 0 aliphatic carbocycles. The second-order valence-electron chi connectivity index (χ2n) is 7.46. The molecule has 0 saturated carbocycles. The minimum Gasteiger partial charge on any atom is -0.492 e. The highest BCUT2D eigenvalue weighted by Crippen LogP contribution is 2.39. The fourth-order valence-corrected chi connectivity index (χ4v) is 4.47. The lowest BCUT2D eigenvalue weighted by molar-refractivity contribution is 0.297. The van der Waals surface area contributed by atoms with E-state index in [1.807, 2.05) is 29.8 Å². The molecule has 6 heteroatoms. The first-order valence-electron chi connectivity index (χ1n) is 9.62. The lowest BCUT2D eigenvalue weighted by Gasteiger charge is -2.24. The predicted molar refractivity (Wildman–Crippen MR) is 115 cm³/mol. The molecule has 4 rings (SSSR count). The van der Waals surface area contributed by atoms with E-state index >= 15 is 0 Å². The van der Waals surface area contributed by atoms with Crippen molar-refractivity contribution in [2.45, 2.75) is 31.2 Å². The zero-order valence-corrected chi connectivity index (χ0v) is 17.7. The van der Waals surface area contributed by atoms with E-state index in [1.165, 1.54) is 11.8 Å². The minimum absolute atomic E-state index is 0.281. The van der Waals surface area contributed by atoms with E-state index in [2.05, 4.69) is 30.7 Å². The van der Waals surface area contributed by atoms with Crippen molar-refractivity contribution in [3.05, 3.63) is 66.4 Å². The van der Waals surface area contributed by atoms with Gasteiger partial charge in [-0.15, -0.1) is 0 Å². The largest absolute Gasteiger partial charge is 0.492 e. The van der Waals surface area contributed by atoms with E-state index < -0.39 is 9.84 Å². The Morgan fingerprint density at radius 1 is 1.21 bits per heavy atom. The summed E-state index contributed by atoms with van der Waals surface area (Å²) in [7, 11) is -3.24. The highest BCUT2D eigenvalue weighted by atomic mass is 32.2. The Morgan fingerprint density at radius 2 is 1.97 bits per heavy atom. The van der Waals surface area contributed by atoms with Gasteiger partial charge in [0.25, 0.3) is 0 Å². The Balaban J connectivity index is 1.77. The van der Waals surface area contributed by atoms with Gasteiger partial charge >= 0.3 is 0 Å². The van der Waals surface area contributed by atoms with Crippen molar-refractivity contribution in [3.8, 4) is 22.4 Å². The average molecular weight is 409 g/mol. The summed E-state index contributed by atoms with van der Waals surface area (Å²) in [6, 6.07) is 15.4. The van der Waals surface area contributed by atoms with Crippen LogP contribution in [0.1, 0.15) is 31.0 Å². The molecule has 0 N–H and O–H groups in total. The Morgan fingerprint density at radius 3 is 2.69 bits per heavy atom. The summed E-state index contributed by atoms with van der Waals surface area (Å²) >= 11 is 0. The first-order chi connectivity index (χ1) is 13.8. The monoisotopic (exact) mass is 408 g/mol. The number of fused-ring (bicyclic) bond motifs is 3. The van der Waals surface area contributed by atoms with Crippen LogP contribution < -0.4 is 0 Å². The van der Waals surface area contributed by atoms with E-state index in [9.17, 15) is 8.42 Å². The molecule has 2 heterocycles. The maximum atomic E-state index is 11.9. The standard InChI is InChI=1S/C23H24N2O3S/c1-5-28-16(3)22-13-23-20-10-9-18(12-21(20)15(2)14-25(23)24-22)17-7-6-8-19(11-17)29(4,26)27/h6-13,15H,3,5,14H2,1-2,4H3. The molecule has 2 aromatic carbocycles. The van der Waals surface area contributed by atoms with Crippen LogP contribution in [-0.2, 0) is 21.1 Å². The van der Waals surface area contributed by atoms with Gasteiger partial charge in [-0.25, -0.2) is 8.42 Å². The Bertz CT molecular complexity index is 1210. The van der Waals surface area contributed by atoms with Crippen LogP contribution >= 0.6 is 0 Å². The topological polar surface area (TPSA) is 61.2 Å². The number of hydrogen-bond acceptors (Lipinski definition) is 4. The number of benzene rings is 2. The molecule has 1 unspecified atom stereocenters. The number of sulfone groups is 1. The molecule has 0 saturated heterocycles. The second-order valence-corrected chi connectivity index (χ2v) is 9.47. The van der Waals surface area contributed by atoms with Crippen molar-refractivity contribution < 1.29 is 13.2 Å². The molecule has 1 aromatic heterocycles. The minimum atomic E-state index is -3.24. The van der Waals surface area contributed by atoms with Crippen LogP contribution in [0.5, 0.6) is 0 Å². The highest BCUT2D eigenvalue weighted by Gasteiger charge is 2.25. The lowest BCUT2D eigenvalue weighted by Crippen LogP contribution is -2.15. The number of hydrogen-bond donors (Lipinski definition) is 0. The quantitative estimate of drug-likeness (QED) is 0.572. The zero-order valence-electron chi connectivity index (χ0n) is 16.8. The van der Waals surface area contributed by atoms with Gasteiger partial charge in [0.05, 0.1) is 17.2 Å². The van der Waals surface area contributed by atoms with Gasteiger partial charge in [-0.1, -0.05) is 43.8 Å². The van der Waals surface area contributed by atoms with Crippen LogP contribution in [-0.4, -0.2) is 31.1 Å². The molecule has 1 atom stereocenters. The molecule has 0 amide bonds. The second kappa shape index (κ2) is 7.19. The Kier molecular flexibility index (Phi) is 4.82. The number of ether oxygens (including phenoxy) is 1. The van der Waals surface area contributed by atoms with Crippen molar-refractivity contribution >= 4 is 15.6 Å². The average Bonchev–Trinajstić information content (AvgIpc) is 3.12. The van der Waals surface area contributed by atoms with Gasteiger partial charge in [0.1, 0.15) is 11.5 Å². The van der Waals surface area contributed by atoms with Crippen molar-refractivity contribution in [1.82, 2.24) is 9.78 Å². The van der Waals surface area contributed by atoms with Gasteiger partial charge in [0.2, 0.25) is 0 Å². The predicted octanol–water partition coefficient (Wildman–Crippen LogP) is 4.74. The molecular weight excluding hydrogens is 384 g/mol. The Hall–Kier alpha value is -2.86. The molecule has 1 aliphatic rings. The summed E-state index contributed by atoms with van der Waals surface area (Å²) in [5, 5.41) is 4.66. The van der Waals surface area contributed by atoms with Crippen molar-refractivity contribution in [2.24, 2.45) is 0 Å². The van der Waals surface area contributed by atoms with Crippen molar-refractivity contribution in [1.29, 1.82) is 0 Å². The van der Waals surface area contributed by atoms with Gasteiger partial charge in [0.15, 0.2) is 9.84 Å². The van der Waals surface area contributed by atoms with Crippen LogP contribution in [0.4, 0.5) is 0 Å². The van der Waals surface area contributed by atoms with E-state index in [0.29, 0.717) is 17.3 Å². The summed E-state index contributed by atoms with van der Waals surface area (Å²) in [5.41, 5.74) is 6.07. The highest BCUT2D eigenvalue weighted by molar-refractivity contribution is 7.90. The van der Waals surface area contributed by atoms with Crippen LogP contribution in [0.2, 0.25) is 0 Å². The smallest absolute Gasteiger partial charge is 0.175 e. The molecule has 0 bridgehead atoms. The Labute approximate surface area is 171 Å². The number of aromatic nitrogens is 2. The van der Waals surface area contributed by atoms with Gasteiger partial charge < -0.3 is 4.74 Å². The zero-order chi connectivity index (χ0) is 20.8. The fourth-order valence-electron chi connectivity index (χ4n) is 3.80. The maximum absolute atomic E-state index is 11.9. The van der Waals surface area contributed by atoms with E-state index in [-0.39, 0.29) is 5.92 Å². The van der Waals surface area contributed by atoms with Crippen LogP contribution in [0.25, 0.3) is 28.1 Å². The fraction of sp³-hybridized carbons (Fsp3) is 0.261. The molecule has 0 radical (unpaired) electrons. The third-order valence-electron chi connectivity index (χ3n) is 5.28. The van der Waals surface area contributed by atoms with Crippen molar-refractivity contribution in [2.75, 3.05) is 12.9 Å². The van der Waals surface area contributed by atoms with Crippen LogP contribution in [0.3, 0.4) is 0 Å². The van der Waals surface area contributed by atoms with E-state index in [0.717, 1.165) is 34.6 Å². The van der Waals surface area contributed by atoms with Crippen LogP contribution in [0, 0.1) is 0 Å². The molecule has 5 nitrogen and oxygen atoms in total. The number of nitrogens with zero attached hydrogens (tertiary/aromatic N) is 2. The molecule has 0 spiro atoms. The van der Waals surface area contributed by atoms with E-state index in [4.69, 9.17) is 4.74 Å². The maximum Gasteiger partial charge on any atom is 0.175 e. The third kappa shape index (κ3) is 3.60. The van der Waals surface area contributed by atoms with Gasteiger partial charge in [-0.2, -0.15) is 5.10 Å². The van der Waals surface area contributed by atoms with Crippen molar-refractivity contribution in [3.63, 3.8) is 0 Å². The van der Waals surface area contributed by atoms with E-state index in [1.54, 1.807) is 18.2 Å². The first kappa shape index (κ1) is 19.5. The molecule has 150 valence electrons.